The number of methoxy groups -OCH3 is 1. The number of carbonyl (C=O) groups is 2. The van der Waals surface area contributed by atoms with E-state index in [2.05, 4.69) is 13.8 Å². The largest absolute Gasteiger partial charge is 0.507 e. The average molecular weight is 525 g/mol. The molecule has 1 fully saturated rings. The van der Waals surface area contributed by atoms with E-state index in [-0.39, 0.29) is 11.3 Å². The molecule has 1 amide bonds. The molecule has 2 aromatic carbocycles. The minimum Gasteiger partial charge on any atom is -0.507 e. The number of nitrogens with zero attached hydrogens (tertiary/aromatic N) is 2. The van der Waals surface area contributed by atoms with Crippen LogP contribution in [0.3, 0.4) is 0 Å². The molecule has 1 atom stereocenters. The van der Waals surface area contributed by atoms with Gasteiger partial charge in [0.05, 0.1) is 31.9 Å². The summed E-state index contributed by atoms with van der Waals surface area (Å²) in [5, 5.41) is 11.5. The van der Waals surface area contributed by atoms with Crippen LogP contribution in [0, 0.1) is 12.8 Å². The normalized spacial score (nSPS) is 17.0. The summed E-state index contributed by atoms with van der Waals surface area (Å²) in [5.41, 5.74) is 1.94. The molecule has 0 spiro atoms. The third-order valence-electron chi connectivity index (χ3n) is 6.38. The van der Waals surface area contributed by atoms with Crippen molar-refractivity contribution in [3.05, 3.63) is 58.7 Å². The van der Waals surface area contributed by atoms with Crippen molar-refractivity contribution < 1.29 is 28.9 Å². The van der Waals surface area contributed by atoms with Gasteiger partial charge in [-0.3, -0.25) is 9.59 Å². The zero-order valence-corrected chi connectivity index (χ0v) is 23.5. The van der Waals surface area contributed by atoms with Crippen molar-refractivity contribution in [3.63, 3.8) is 0 Å². The number of rotatable bonds is 12. The van der Waals surface area contributed by atoms with Crippen LogP contribution in [0.1, 0.15) is 49.9 Å². The van der Waals surface area contributed by atoms with Gasteiger partial charge in [0.2, 0.25) is 0 Å². The van der Waals surface area contributed by atoms with E-state index in [4.69, 9.17) is 14.2 Å². The van der Waals surface area contributed by atoms with Gasteiger partial charge in [0.15, 0.2) is 11.5 Å². The zero-order chi connectivity index (χ0) is 28.0. The first-order chi connectivity index (χ1) is 18.1. The lowest BCUT2D eigenvalue weighted by molar-refractivity contribution is -0.139. The van der Waals surface area contributed by atoms with Gasteiger partial charge in [0.25, 0.3) is 11.7 Å². The lowest BCUT2D eigenvalue weighted by atomic mass is 9.93. The van der Waals surface area contributed by atoms with Gasteiger partial charge in [0.1, 0.15) is 11.5 Å². The first kappa shape index (κ1) is 29.0. The van der Waals surface area contributed by atoms with Crippen LogP contribution in [0.5, 0.6) is 17.2 Å². The van der Waals surface area contributed by atoms with Crippen molar-refractivity contribution >= 4 is 17.4 Å². The van der Waals surface area contributed by atoms with Crippen molar-refractivity contribution in [1.82, 2.24) is 9.80 Å². The topological polar surface area (TPSA) is 88.5 Å². The SMILES string of the molecule is CCOc1ccc([C@@H]2C(=C(O)c3ccc(OCC(C)C)cc3C)C(=O)C(=O)N2CCCN(C)C)cc1OC. The molecule has 8 nitrogen and oxygen atoms in total. The zero-order valence-electron chi connectivity index (χ0n) is 23.5. The molecule has 1 heterocycles. The summed E-state index contributed by atoms with van der Waals surface area (Å²) in [5.74, 6) is 0.580. The van der Waals surface area contributed by atoms with Gasteiger partial charge in [-0.2, -0.15) is 0 Å². The lowest BCUT2D eigenvalue weighted by Gasteiger charge is -2.26. The van der Waals surface area contributed by atoms with Crippen LogP contribution >= 0.6 is 0 Å². The molecule has 0 bridgehead atoms. The highest BCUT2D eigenvalue weighted by Gasteiger charge is 2.46. The molecule has 38 heavy (non-hydrogen) atoms. The Bertz CT molecular complexity index is 1190. The Kier molecular flexibility index (Phi) is 9.80. The van der Waals surface area contributed by atoms with Crippen LogP contribution in [-0.4, -0.2) is 74.1 Å². The summed E-state index contributed by atoms with van der Waals surface area (Å²) in [6.45, 7) is 10.0. The standard InChI is InChI=1S/C30H40N2O6/c1-8-37-24-13-10-21(17-25(24)36-7)27-26(29(34)30(35)32(27)15-9-14-31(5)6)28(33)23-12-11-22(16-20(23)4)38-18-19(2)3/h10-13,16-17,19,27,33H,8-9,14-15,18H2,1-7H3/t27-/m1/s1. The second kappa shape index (κ2) is 12.8. The molecule has 0 aliphatic carbocycles. The molecule has 206 valence electrons. The van der Waals surface area contributed by atoms with E-state index in [9.17, 15) is 14.7 Å². The molecular weight excluding hydrogens is 484 g/mol. The molecule has 1 saturated heterocycles. The average Bonchev–Trinajstić information content (AvgIpc) is 3.12. The first-order valence-electron chi connectivity index (χ1n) is 13.1. The molecule has 2 aromatic rings. The van der Waals surface area contributed by atoms with Crippen LogP contribution < -0.4 is 14.2 Å². The van der Waals surface area contributed by atoms with Crippen LogP contribution in [0.15, 0.2) is 42.0 Å². The summed E-state index contributed by atoms with van der Waals surface area (Å²) in [7, 11) is 5.46. The van der Waals surface area contributed by atoms with Gasteiger partial charge >= 0.3 is 0 Å². The molecule has 1 aliphatic rings. The molecule has 1 N–H and O–H groups in total. The molecular formula is C30H40N2O6. The highest BCUT2D eigenvalue weighted by Crippen LogP contribution is 2.42. The van der Waals surface area contributed by atoms with Crippen molar-refractivity contribution in [2.45, 2.75) is 40.2 Å². The third-order valence-corrected chi connectivity index (χ3v) is 6.38. The van der Waals surface area contributed by atoms with Gasteiger partial charge in [0, 0.05) is 12.1 Å². The number of Topliss-reactive ketones (excluding diaryl/α,β-unsaturated/α-hetero) is 1. The van der Waals surface area contributed by atoms with Gasteiger partial charge in [-0.1, -0.05) is 19.9 Å². The van der Waals surface area contributed by atoms with E-state index >= 15 is 0 Å². The Hall–Kier alpha value is -3.52. The Morgan fingerprint density at radius 1 is 1.08 bits per heavy atom. The maximum atomic E-state index is 13.4. The van der Waals surface area contributed by atoms with Crippen LogP contribution in [0.25, 0.3) is 5.76 Å². The fourth-order valence-corrected chi connectivity index (χ4v) is 4.54. The summed E-state index contributed by atoms with van der Waals surface area (Å²) in [6.07, 6.45) is 0.672. The quantitative estimate of drug-likeness (QED) is 0.242. The number of likely N-dealkylation sites (tertiary alicyclic amines) is 1. The highest BCUT2D eigenvalue weighted by atomic mass is 16.5. The number of ether oxygens (including phenoxy) is 3. The van der Waals surface area contributed by atoms with E-state index < -0.39 is 17.7 Å². The van der Waals surface area contributed by atoms with Crippen LogP contribution in [0.2, 0.25) is 0 Å². The predicted octanol–water partition coefficient (Wildman–Crippen LogP) is 4.81. The number of aliphatic hydroxyl groups excluding tert-OH is 1. The Labute approximate surface area is 225 Å². The fourth-order valence-electron chi connectivity index (χ4n) is 4.54. The number of aryl methyl sites for hydroxylation is 1. The lowest BCUT2D eigenvalue weighted by Crippen LogP contribution is -2.32. The molecule has 0 unspecified atom stereocenters. The summed E-state index contributed by atoms with van der Waals surface area (Å²) < 4.78 is 17.0. The van der Waals surface area contributed by atoms with Gasteiger partial charge < -0.3 is 29.1 Å². The fraction of sp³-hybridized carbons (Fsp3) is 0.467. The number of aliphatic hydroxyl groups is 1. The predicted molar refractivity (Wildman–Crippen MR) is 148 cm³/mol. The number of amides is 1. The minimum atomic E-state index is -0.766. The number of benzene rings is 2. The maximum absolute atomic E-state index is 13.4. The Morgan fingerprint density at radius 3 is 2.42 bits per heavy atom. The van der Waals surface area contributed by atoms with Crippen molar-refractivity contribution in [2.75, 3.05) is 47.5 Å². The smallest absolute Gasteiger partial charge is 0.295 e. The first-order valence-corrected chi connectivity index (χ1v) is 13.1. The van der Waals surface area contributed by atoms with Gasteiger partial charge in [-0.25, -0.2) is 0 Å². The molecule has 0 radical (unpaired) electrons. The molecule has 0 saturated carbocycles. The van der Waals surface area contributed by atoms with Crippen LogP contribution in [0.4, 0.5) is 0 Å². The monoisotopic (exact) mass is 524 g/mol. The second-order valence-corrected chi connectivity index (χ2v) is 10.2. The van der Waals surface area contributed by atoms with E-state index in [1.54, 1.807) is 36.3 Å². The second-order valence-electron chi connectivity index (χ2n) is 10.2. The minimum absolute atomic E-state index is 0.0602. The van der Waals surface area contributed by atoms with Gasteiger partial charge in [-0.05, 0) is 88.3 Å². The molecule has 0 aromatic heterocycles. The summed E-state index contributed by atoms with van der Waals surface area (Å²) in [4.78, 5) is 30.2. The van der Waals surface area contributed by atoms with Crippen LogP contribution in [-0.2, 0) is 9.59 Å². The number of ketones is 1. The van der Waals surface area contributed by atoms with E-state index in [0.717, 1.165) is 12.1 Å². The van der Waals surface area contributed by atoms with Gasteiger partial charge in [-0.15, -0.1) is 0 Å². The Morgan fingerprint density at radius 2 is 1.82 bits per heavy atom. The third kappa shape index (κ3) is 6.48. The molecule has 1 aliphatic heterocycles. The van der Waals surface area contributed by atoms with Crippen molar-refractivity contribution in [2.24, 2.45) is 5.92 Å². The maximum Gasteiger partial charge on any atom is 0.295 e. The van der Waals surface area contributed by atoms with E-state index in [0.29, 0.717) is 60.5 Å². The summed E-state index contributed by atoms with van der Waals surface area (Å²) >= 11 is 0. The van der Waals surface area contributed by atoms with Crippen molar-refractivity contribution in [3.8, 4) is 17.2 Å². The number of hydrogen-bond donors (Lipinski definition) is 1. The summed E-state index contributed by atoms with van der Waals surface area (Å²) in [6, 6.07) is 9.92. The van der Waals surface area contributed by atoms with E-state index in [1.165, 1.54) is 0 Å². The molecule has 8 heteroatoms. The van der Waals surface area contributed by atoms with Crippen molar-refractivity contribution in [1.29, 1.82) is 0 Å². The molecule has 3 rings (SSSR count). The Balaban J connectivity index is 2.11. The number of carbonyl (C=O) groups excluding carboxylic acids is 2. The van der Waals surface area contributed by atoms with E-state index in [1.807, 2.05) is 45.0 Å². The highest BCUT2D eigenvalue weighted by molar-refractivity contribution is 6.46. The number of hydrogen-bond acceptors (Lipinski definition) is 7.